The summed E-state index contributed by atoms with van der Waals surface area (Å²) in [6.45, 7) is -0.161. The number of hydrazone groups is 1. The van der Waals surface area contributed by atoms with Gasteiger partial charge in [-0.05, 0) is 104 Å². The van der Waals surface area contributed by atoms with Gasteiger partial charge in [-0.15, -0.1) is 0 Å². The molecule has 10 heteroatoms. The normalized spacial score (nSPS) is 10.6. The molecule has 0 atom stereocenters. The van der Waals surface area contributed by atoms with Crippen molar-refractivity contribution in [2.75, 3.05) is 20.8 Å². The van der Waals surface area contributed by atoms with Gasteiger partial charge in [0.15, 0.2) is 6.61 Å². The number of halogens is 3. The molecule has 0 heterocycles. The van der Waals surface area contributed by atoms with Crippen LogP contribution in [0.5, 0.6) is 11.5 Å². The quantitative estimate of drug-likeness (QED) is 0.204. The standard InChI is InChI=1S/C18H15I3N2O5/c1-26-15-7-11(3-4-12(15)19)18(25)23-22-8-10-5-13(20)17(14(21)6-10)28-9-16(24)27-2/h3-8H,9H2,1-2H3,(H,23,25)/b22-8-. The van der Waals surface area contributed by atoms with Crippen molar-refractivity contribution < 1.29 is 23.8 Å². The summed E-state index contributed by atoms with van der Waals surface area (Å²) in [4.78, 5) is 23.5. The van der Waals surface area contributed by atoms with E-state index in [1.54, 1.807) is 25.3 Å². The van der Waals surface area contributed by atoms with Crippen molar-refractivity contribution in [1.29, 1.82) is 0 Å². The first-order valence-corrected chi connectivity index (χ1v) is 10.9. The number of hydrogen-bond acceptors (Lipinski definition) is 6. The molecular weight excluding hydrogens is 705 g/mol. The van der Waals surface area contributed by atoms with Crippen molar-refractivity contribution in [3.63, 3.8) is 0 Å². The topological polar surface area (TPSA) is 86.2 Å². The van der Waals surface area contributed by atoms with Crippen molar-refractivity contribution in [3.8, 4) is 11.5 Å². The van der Waals surface area contributed by atoms with E-state index in [9.17, 15) is 9.59 Å². The maximum absolute atomic E-state index is 12.2. The monoisotopic (exact) mass is 720 g/mol. The highest BCUT2D eigenvalue weighted by atomic mass is 127. The third-order valence-corrected chi connectivity index (χ3v) is 5.87. The zero-order chi connectivity index (χ0) is 20.7. The fourth-order valence-electron chi connectivity index (χ4n) is 2.01. The minimum absolute atomic E-state index is 0.161. The average Bonchev–Trinajstić information content (AvgIpc) is 2.67. The van der Waals surface area contributed by atoms with Crippen LogP contribution >= 0.6 is 67.8 Å². The van der Waals surface area contributed by atoms with Gasteiger partial charge in [-0.25, -0.2) is 10.2 Å². The Hall–Kier alpha value is -1.16. The lowest BCUT2D eigenvalue weighted by Crippen LogP contribution is -2.17. The minimum atomic E-state index is -0.452. The number of benzene rings is 2. The number of hydrogen-bond donors (Lipinski definition) is 1. The summed E-state index contributed by atoms with van der Waals surface area (Å²) >= 11 is 6.35. The van der Waals surface area contributed by atoms with E-state index in [2.05, 4.69) is 83.0 Å². The van der Waals surface area contributed by atoms with Crippen LogP contribution in [0.15, 0.2) is 35.4 Å². The van der Waals surface area contributed by atoms with Crippen molar-refractivity contribution in [2.24, 2.45) is 5.10 Å². The molecule has 0 saturated carbocycles. The van der Waals surface area contributed by atoms with E-state index in [-0.39, 0.29) is 12.5 Å². The van der Waals surface area contributed by atoms with Gasteiger partial charge < -0.3 is 14.2 Å². The van der Waals surface area contributed by atoms with E-state index in [1.165, 1.54) is 13.3 Å². The van der Waals surface area contributed by atoms with Crippen LogP contribution in [0.4, 0.5) is 0 Å². The highest BCUT2D eigenvalue weighted by Crippen LogP contribution is 2.28. The van der Waals surface area contributed by atoms with Crippen LogP contribution in [0.25, 0.3) is 0 Å². The Labute approximate surface area is 203 Å². The number of ether oxygens (including phenoxy) is 3. The van der Waals surface area contributed by atoms with E-state index in [0.717, 1.165) is 16.3 Å². The summed E-state index contributed by atoms with van der Waals surface area (Å²) in [6.07, 6.45) is 1.54. The van der Waals surface area contributed by atoms with E-state index in [4.69, 9.17) is 9.47 Å². The van der Waals surface area contributed by atoms with E-state index < -0.39 is 5.97 Å². The number of nitrogens with zero attached hydrogens (tertiary/aromatic N) is 1. The van der Waals surface area contributed by atoms with Gasteiger partial charge in [0.2, 0.25) is 0 Å². The molecule has 0 unspecified atom stereocenters. The van der Waals surface area contributed by atoms with Crippen molar-refractivity contribution in [1.82, 2.24) is 5.43 Å². The van der Waals surface area contributed by atoms with Crippen LogP contribution in [0.2, 0.25) is 0 Å². The molecule has 28 heavy (non-hydrogen) atoms. The molecule has 0 radical (unpaired) electrons. The fourth-order valence-corrected chi connectivity index (χ4v) is 4.70. The van der Waals surface area contributed by atoms with Gasteiger partial charge in [-0.2, -0.15) is 5.10 Å². The van der Waals surface area contributed by atoms with Gasteiger partial charge in [0.05, 0.1) is 31.1 Å². The first kappa shape index (κ1) is 23.1. The SMILES string of the molecule is COC(=O)COc1c(I)cc(/C=N\NC(=O)c2ccc(I)c(OC)c2)cc1I. The van der Waals surface area contributed by atoms with E-state index >= 15 is 0 Å². The molecular formula is C18H15I3N2O5. The number of rotatable bonds is 7. The molecule has 0 aliphatic carbocycles. The van der Waals surface area contributed by atoms with Crippen molar-refractivity contribution in [2.45, 2.75) is 0 Å². The third-order valence-electron chi connectivity index (χ3n) is 3.38. The molecule has 2 aromatic carbocycles. The summed E-state index contributed by atoms with van der Waals surface area (Å²) in [7, 11) is 2.86. The number of amides is 1. The molecule has 0 aliphatic heterocycles. The lowest BCUT2D eigenvalue weighted by molar-refractivity contribution is -0.142. The van der Waals surface area contributed by atoms with Crippen molar-refractivity contribution in [3.05, 3.63) is 52.2 Å². The predicted molar refractivity (Wildman–Crippen MR) is 130 cm³/mol. The highest BCUT2D eigenvalue weighted by Gasteiger charge is 2.11. The van der Waals surface area contributed by atoms with Crippen molar-refractivity contribution >= 4 is 85.9 Å². The Morgan fingerprint density at radius 3 is 2.36 bits per heavy atom. The maximum Gasteiger partial charge on any atom is 0.343 e. The third kappa shape index (κ3) is 6.43. The Morgan fingerprint density at radius 2 is 1.75 bits per heavy atom. The highest BCUT2D eigenvalue weighted by molar-refractivity contribution is 14.1. The lowest BCUT2D eigenvalue weighted by Gasteiger charge is -2.10. The summed E-state index contributed by atoms with van der Waals surface area (Å²) in [5.74, 6) is 0.434. The number of nitrogens with one attached hydrogen (secondary N) is 1. The van der Waals surface area contributed by atoms with Crippen LogP contribution in [-0.2, 0) is 9.53 Å². The average molecular weight is 720 g/mol. The van der Waals surface area contributed by atoms with Gasteiger partial charge in [-0.3, -0.25) is 4.79 Å². The Balaban J connectivity index is 2.06. The number of esters is 1. The summed E-state index contributed by atoms with van der Waals surface area (Å²) < 4.78 is 17.8. The van der Waals surface area contributed by atoms with Crippen LogP contribution in [0.1, 0.15) is 15.9 Å². The Kier molecular flexibility index (Phi) is 9.20. The second kappa shape index (κ2) is 11.1. The zero-order valence-electron chi connectivity index (χ0n) is 14.8. The van der Waals surface area contributed by atoms with Gasteiger partial charge in [0.25, 0.3) is 5.91 Å². The molecule has 2 aromatic rings. The Morgan fingerprint density at radius 1 is 1.07 bits per heavy atom. The minimum Gasteiger partial charge on any atom is -0.496 e. The molecule has 0 spiro atoms. The molecule has 2 rings (SSSR count). The van der Waals surface area contributed by atoms with Crippen LogP contribution < -0.4 is 14.9 Å². The molecule has 0 fully saturated rings. The summed E-state index contributed by atoms with van der Waals surface area (Å²) in [5.41, 5.74) is 3.72. The second-order valence-electron chi connectivity index (χ2n) is 5.23. The lowest BCUT2D eigenvalue weighted by atomic mass is 10.2. The summed E-state index contributed by atoms with van der Waals surface area (Å²) in [6, 6.07) is 8.83. The number of methoxy groups -OCH3 is 2. The van der Waals surface area contributed by atoms with E-state index in [0.29, 0.717) is 17.1 Å². The molecule has 1 amide bonds. The number of carbonyl (C=O) groups excluding carboxylic acids is 2. The van der Waals surface area contributed by atoms with Gasteiger partial charge in [-0.1, -0.05) is 0 Å². The molecule has 148 valence electrons. The number of carbonyl (C=O) groups is 2. The maximum atomic E-state index is 12.2. The molecule has 7 nitrogen and oxygen atoms in total. The fraction of sp³-hybridized carbons (Fsp3) is 0.167. The Bertz CT molecular complexity index is 895. The molecule has 0 aliphatic rings. The zero-order valence-corrected chi connectivity index (χ0v) is 21.3. The molecule has 0 bridgehead atoms. The summed E-state index contributed by atoms with van der Waals surface area (Å²) in [5, 5.41) is 4.01. The van der Waals surface area contributed by atoms with Crippen LogP contribution in [0, 0.1) is 10.7 Å². The molecule has 0 saturated heterocycles. The molecule has 0 aromatic heterocycles. The first-order chi connectivity index (χ1) is 13.3. The predicted octanol–water partition coefficient (Wildman–Crippen LogP) is 3.82. The van der Waals surface area contributed by atoms with Gasteiger partial charge >= 0.3 is 5.97 Å². The van der Waals surface area contributed by atoms with Gasteiger partial charge in [0.1, 0.15) is 11.5 Å². The van der Waals surface area contributed by atoms with Crippen LogP contribution in [0.3, 0.4) is 0 Å². The first-order valence-electron chi connectivity index (χ1n) is 7.71. The van der Waals surface area contributed by atoms with Crippen LogP contribution in [-0.4, -0.2) is 38.9 Å². The van der Waals surface area contributed by atoms with E-state index in [1.807, 2.05) is 12.1 Å². The largest absolute Gasteiger partial charge is 0.496 e. The second-order valence-corrected chi connectivity index (χ2v) is 8.71. The van der Waals surface area contributed by atoms with Gasteiger partial charge in [0, 0.05) is 5.56 Å². The smallest absolute Gasteiger partial charge is 0.343 e. The molecule has 1 N–H and O–H groups in total.